The molecule has 2 aromatic carbocycles. The summed E-state index contributed by atoms with van der Waals surface area (Å²) in [5.74, 6) is -0.269. The number of anilines is 1. The summed E-state index contributed by atoms with van der Waals surface area (Å²) in [6.07, 6.45) is 0.974. The van der Waals surface area contributed by atoms with Gasteiger partial charge in [-0.05, 0) is 64.3 Å². The van der Waals surface area contributed by atoms with Gasteiger partial charge in [-0.25, -0.2) is 13.1 Å². The van der Waals surface area contributed by atoms with Gasteiger partial charge < -0.3 is 5.32 Å². The zero-order valence-corrected chi connectivity index (χ0v) is 20.3. The number of piperidine rings is 1. The molecule has 0 unspecified atom stereocenters. The second-order valence-corrected chi connectivity index (χ2v) is 10.6. The molecule has 7 nitrogen and oxygen atoms in total. The molecule has 1 N–H and O–H groups in total. The lowest BCUT2D eigenvalue weighted by molar-refractivity contribution is -0.120. The third-order valence-corrected chi connectivity index (χ3v) is 8.44. The Kier molecular flexibility index (Phi) is 6.41. The number of rotatable bonds is 5. The molecular weight excluding hydrogens is 436 g/mol. The maximum Gasteiger partial charge on any atom is 0.246 e. The maximum absolute atomic E-state index is 13.5. The van der Waals surface area contributed by atoms with Crippen LogP contribution in [-0.4, -0.2) is 41.5 Å². The average molecular weight is 467 g/mol. The first-order valence-corrected chi connectivity index (χ1v) is 12.6. The van der Waals surface area contributed by atoms with Crippen molar-refractivity contribution >= 4 is 21.6 Å². The van der Waals surface area contributed by atoms with Crippen molar-refractivity contribution < 1.29 is 13.2 Å². The molecule has 1 amide bonds. The molecule has 1 fully saturated rings. The minimum atomic E-state index is -3.71. The smallest absolute Gasteiger partial charge is 0.246 e. The first kappa shape index (κ1) is 23.2. The van der Waals surface area contributed by atoms with Crippen molar-refractivity contribution in [3.63, 3.8) is 0 Å². The highest BCUT2D eigenvalue weighted by molar-refractivity contribution is 7.89. The van der Waals surface area contributed by atoms with Gasteiger partial charge in [0, 0.05) is 24.7 Å². The fourth-order valence-electron chi connectivity index (χ4n) is 4.50. The van der Waals surface area contributed by atoms with Gasteiger partial charge in [-0.3, -0.25) is 4.79 Å². The quantitative estimate of drug-likeness (QED) is 0.612. The van der Waals surface area contributed by atoms with Crippen LogP contribution in [0.2, 0.25) is 0 Å². The van der Waals surface area contributed by atoms with Gasteiger partial charge >= 0.3 is 0 Å². The molecule has 0 saturated carbocycles. The van der Waals surface area contributed by atoms with Crippen molar-refractivity contribution in [3.8, 4) is 5.69 Å². The van der Waals surface area contributed by atoms with Crippen LogP contribution < -0.4 is 5.32 Å². The summed E-state index contributed by atoms with van der Waals surface area (Å²) >= 11 is 0. The zero-order valence-electron chi connectivity index (χ0n) is 19.5. The summed E-state index contributed by atoms with van der Waals surface area (Å²) in [7, 11) is -3.71. The minimum absolute atomic E-state index is 0.0525. The molecule has 1 aliphatic heterocycles. The normalized spacial score (nSPS) is 15.5. The SMILES string of the molecule is Cc1ccc(NC(=O)C2CCN(S(=O)(=O)c3c(C)nn(-c4ccccc4)c3C)CC2)c(C)c1. The Bertz CT molecular complexity index is 1270. The highest BCUT2D eigenvalue weighted by atomic mass is 32.2. The van der Waals surface area contributed by atoms with E-state index < -0.39 is 10.0 Å². The van der Waals surface area contributed by atoms with E-state index in [4.69, 9.17) is 0 Å². The van der Waals surface area contributed by atoms with E-state index in [-0.39, 0.29) is 16.7 Å². The number of aryl methyl sites for hydroxylation is 3. The third kappa shape index (κ3) is 4.58. The highest BCUT2D eigenvalue weighted by Crippen LogP contribution is 2.29. The number of para-hydroxylation sites is 1. The second-order valence-electron chi connectivity index (χ2n) is 8.73. The molecule has 2 heterocycles. The summed E-state index contributed by atoms with van der Waals surface area (Å²) in [6.45, 7) is 8.11. The fraction of sp³-hybridized carbons (Fsp3) is 0.360. The van der Waals surface area contributed by atoms with Crippen molar-refractivity contribution in [2.75, 3.05) is 18.4 Å². The van der Waals surface area contributed by atoms with E-state index in [2.05, 4.69) is 10.4 Å². The Balaban J connectivity index is 1.47. The molecule has 0 aliphatic carbocycles. The van der Waals surface area contributed by atoms with E-state index in [1.54, 1.807) is 18.5 Å². The van der Waals surface area contributed by atoms with Crippen LogP contribution in [0.25, 0.3) is 5.69 Å². The first-order chi connectivity index (χ1) is 15.7. The molecule has 0 bridgehead atoms. The van der Waals surface area contributed by atoms with Gasteiger partial charge in [-0.15, -0.1) is 0 Å². The summed E-state index contributed by atoms with van der Waals surface area (Å²) in [6, 6.07) is 15.4. The number of hydrogen-bond donors (Lipinski definition) is 1. The molecule has 0 atom stereocenters. The monoisotopic (exact) mass is 466 g/mol. The number of aromatic nitrogens is 2. The van der Waals surface area contributed by atoms with Gasteiger partial charge in [0.25, 0.3) is 0 Å². The van der Waals surface area contributed by atoms with Crippen LogP contribution in [0.3, 0.4) is 0 Å². The second kappa shape index (κ2) is 9.11. The molecule has 33 heavy (non-hydrogen) atoms. The Morgan fingerprint density at radius 3 is 2.30 bits per heavy atom. The number of sulfonamides is 1. The van der Waals surface area contributed by atoms with E-state index in [1.165, 1.54) is 4.31 Å². The predicted molar refractivity (Wildman–Crippen MR) is 129 cm³/mol. The number of carbonyl (C=O) groups excluding carboxylic acids is 1. The van der Waals surface area contributed by atoms with E-state index in [0.29, 0.717) is 37.3 Å². The van der Waals surface area contributed by atoms with Crippen molar-refractivity contribution in [1.29, 1.82) is 0 Å². The standard InChI is InChI=1S/C25H30N4O3S/c1-17-10-11-23(18(2)16-17)26-25(30)21-12-14-28(15-13-21)33(31,32)24-19(3)27-29(20(24)4)22-8-6-5-7-9-22/h5-11,16,21H,12-15H2,1-4H3,(H,26,30). The van der Waals surface area contributed by atoms with E-state index >= 15 is 0 Å². The number of benzene rings is 2. The van der Waals surface area contributed by atoms with Crippen molar-refractivity contribution in [1.82, 2.24) is 14.1 Å². The van der Waals surface area contributed by atoms with Crippen molar-refractivity contribution in [2.45, 2.75) is 45.4 Å². The van der Waals surface area contributed by atoms with Crippen LogP contribution in [0.5, 0.6) is 0 Å². The molecule has 3 aromatic rings. The van der Waals surface area contributed by atoms with Gasteiger partial charge in [-0.2, -0.15) is 9.40 Å². The number of hydrogen-bond acceptors (Lipinski definition) is 4. The van der Waals surface area contributed by atoms with Gasteiger partial charge in [0.1, 0.15) is 4.90 Å². The van der Waals surface area contributed by atoms with Crippen molar-refractivity contribution in [3.05, 3.63) is 71.0 Å². The van der Waals surface area contributed by atoms with Crippen LogP contribution in [0.1, 0.15) is 35.4 Å². The summed E-state index contributed by atoms with van der Waals surface area (Å²) < 4.78 is 30.1. The molecule has 1 aromatic heterocycles. The molecule has 0 radical (unpaired) electrons. The third-order valence-electron chi connectivity index (χ3n) is 6.29. The molecule has 1 saturated heterocycles. The zero-order chi connectivity index (χ0) is 23.8. The minimum Gasteiger partial charge on any atom is -0.326 e. The largest absolute Gasteiger partial charge is 0.326 e. The Morgan fingerprint density at radius 1 is 1.00 bits per heavy atom. The number of nitrogens with one attached hydrogen (secondary N) is 1. The van der Waals surface area contributed by atoms with Gasteiger partial charge in [0.05, 0.1) is 17.1 Å². The first-order valence-electron chi connectivity index (χ1n) is 11.2. The molecular formula is C25H30N4O3S. The fourth-order valence-corrected chi connectivity index (χ4v) is 6.32. The summed E-state index contributed by atoms with van der Waals surface area (Å²) in [4.78, 5) is 13.1. The van der Waals surface area contributed by atoms with Crippen LogP contribution in [0.15, 0.2) is 53.4 Å². The lowest BCUT2D eigenvalue weighted by atomic mass is 9.97. The summed E-state index contributed by atoms with van der Waals surface area (Å²) in [5, 5.41) is 7.50. The average Bonchev–Trinajstić information content (AvgIpc) is 3.10. The Labute approximate surface area is 195 Å². The molecule has 4 rings (SSSR count). The summed E-state index contributed by atoms with van der Waals surface area (Å²) in [5.41, 5.74) is 4.86. The topological polar surface area (TPSA) is 84.3 Å². The van der Waals surface area contributed by atoms with E-state index in [0.717, 1.165) is 22.5 Å². The molecule has 1 aliphatic rings. The Morgan fingerprint density at radius 2 is 1.67 bits per heavy atom. The van der Waals surface area contributed by atoms with Gasteiger partial charge in [-0.1, -0.05) is 35.9 Å². The molecule has 174 valence electrons. The predicted octanol–water partition coefficient (Wildman–Crippen LogP) is 4.15. The Hall–Kier alpha value is -2.97. The maximum atomic E-state index is 13.5. The molecule has 0 spiro atoms. The lowest BCUT2D eigenvalue weighted by Gasteiger charge is -2.30. The molecule has 8 heteroatoms. The van der Waals surface area contributed by atoms with Crippen LogP contribution >= 0.6 is 0 Å². The van der Waals surface area contributed by atoms with Crippen LogP contribution in [0.4, 0.5) is 5.69 Å². The number of carbonyl (C=O) groups is 1. The number of amides is 1. The van der Waals surface area contributed by atoms with Crippen LogP contribution in [0, 0.1) is 33.6 Å². The van der Waals surface area contributed by atoms with E-state index in [1.807, 2.05) is 62.4 Å². The van der Waals surface area contributed by atoms with E-state index in [9.17, 15) is 13.2 Å². The number of nitrogens with zero attached hydrogens (tertiary/aromatic N) is 3. The van der Waals surface area contributed by atoms with Crippen LogP contribution in [-0.2, 0) is 14.8 Å². The van der Waals surface area contributed by atoms with Crippen molar-refractivity contribution in [2.24, 2.45) is 5.92 Å². The highest BCUT2D eigenvalue weighted by Gasteiger charge is 2.35. The van der Waals surface area contributed by atoms with Gasteiger partial charge in [0.15, 0.2) is 0 Å². The van der Waals surface area contributed by atoms with Gasteiger partial charge in [0.2, 0.25) is 15.9 Å². The lowest BCUT2D eigenvalue weighted by Crippen LogP contribution is -2.41.